The lowest BCUT2D eigenvalue weighted by Gasteiger charge is -2.20. The Hall–Kier alpha value is -3.72. The summed E-state index contributed by atoms with van der Waals surface area (Å²) in [5.41, 5.74) is 1.65. The van der Waals surface area contributed by atoms with Crippen LogP contribution in [0, 0.1) is 5.82 Å². The normalized spacial score (nSPS) is 11.9. The highest BCUT2D eigenvalue weighted by Crippen LogP contribution is 2.39. The van der Waals surface area contributed by atoms with Crippen molar-refractivity contribution in [3.8, 4) is 23.0 Å². The number of hydrogen-bond acceptors (Lipinski definition) is 6. The van der Waals surface area contributed by atoms with Crippen LogP contribution in [0.2, 0.25) is 0 Å². The molecule has 0 aliphatic heterocycles. The van der Waals surface area contributed by atoms with Gasteiger partial charge in [0.05, 0.1) is 33.3 Å². The second-order valence-corrected chi connectivity index (χ2v) is 10.9. The summed E-state index contributed by atoms with van der Waals surface area (Å²) in [6, 6.07) is 12.8. The molecule has 198 valence electrons. The van der Waals surface area contributed by atoms with Gasteiger partial charge < -0.3 is 18.9 Å². The van der Waals surface area contributed by atoms with E-state index in [4.69, 9.17) is 18.9 Å². The minimum atomic E-state index is -4.07. The Morgan fingerprint density at radius 3 is 1.97 bits per heavy atom. The van der Waals surface area contributed by atoms with Crippen LogP contribution >= 0.6 is 0 Å². The first-order chi connectivity index (χ1) is 17.4. The number of anilines is 1. The van der Waals surface area contributed by atoms with E-state index >= 15 is 0 Å². The summed E-state index contributed by atoms with van der Waals surface area (Å²) >= 11 is 0. The fraction of sp³-hybridized carbons (Fsp3) is 0.286. The first-order valence-corrected chi connectivity index (χ1v) is 12.9. The molecule has 3 aromatic carbocycles. The van der Waals surface area contributed by atoms with Gasteiger partial charge in [0.1, 0.15) is 5.69 Å². The van der Waals surface area contributed by atoms with E-state index in [0.717, 1.165) is 5.56 Å². The molecule has 0 unspecified atom stereocenters. The Morgan fingerprint density at radius 2 is 1.43 bits per heavy atom. The van der Waals surface area contributed by atoms with Gasteiger partial charge in [-0.3, -0.25) is 4.72 Å². The van der Waals surface area contributed by atoms with Crippen LogP contribution in [0.3, 0.4) is 0 Å². The molecule has 3 aromatic rings. The largest absolute Gasteiger partial charge is 0.493 e. The highest BCUT2D eigenvalue weighted by atomic mass is 32.2. The molecular weight excluding hydrogens is 497 g/mol. The Bertz CT molecular complexity index is 1390. The van der Waals surface area contributed by atoms with Crippen molar-refractivity contribution < 1.29 is 31.8 Å². The predicted octanol–water partition coefficient (Wildman–Crippen LogP) is 6.13. The smallest absolute Gasteiger partial charge is 0.262 e. The molecule has 0 saturated carbocycles. The van der Waals surface area contributed by atoms with Crippen LogP contribution < -0.4 is 23.7 Å². The van der Waals surface area contributed by atoms with Crippen molar-refractivity contribution in [2.45, 2.75) is 31.1 Å². The number of nitrogens with one attached hydrogen (secondary N) is 1. The topological polar surface area (TPSA) is 83.1 Å². The van der Waals surface area contributed by atoms with E-state index in [-0.39, 0.29) is 21.7 Å². The van der Waals surface area contributed by atoms with Crippen LogP contribution in [-0.2, 0) is 15.4 Å². The van der Waals surface area contributed by atoms with Crippen LogP contribution in [0.4, 0.5) is 10.1 Å². The van der Waals surface area contributed by atoms with Gasteiger partial charge in [0.25, 0.3) is 10.0 Å². The van der Waals surface area contributed by atoms with Crippen molar-refractivity contribution in [1.29, 1.82) is 0 Å². The Balaban J connectivity index is 2.08. The zero-order chi connectivity index (χ0) is 27.4. The van der Waals surface area contributed by atoms with Crippen molar-refractivity contribution >= 4 is 27.9 Å². The van der Waals surface area contributed by atoms with E-state index in [1.54, 1.807) is 36.4 Å². The average Bonchev–Trinajstić information content (AvgIpc) is 2.87. The number of methoxy groups -OCH3 is 4. The number of sulfonamides is 1. The molecule has 37 heavy (non-hydrogen) atoms. The molecule has 0 bridgehead atoms. The first-order valence-electron chi connectivity index (χ1n) is 11.4. The zero-order valence-corrected chi connectivity index (χ0v) is 22.8. The molecular formula is C28H32FNO6S. The van der Waals surface area contributed by atoms with E-state index in [2.05, 4.69) is 4.72 Å². The van der Waals surface area contributed by atoms with Crippen molar-refractivity contribution in [2.24, 2.45) is 0 Å². The lowest BCUT2D eigenvalue weighted by molar-refractivity contribution is 0.324. The van der Waals surface area contributed by atoms with E-state index in [0.29, 0.717) is 28.4 Å². The molecule has 0 fully saturated rings. The summed E-state index contributed by atoms with van der Waals surface area (Å²) in [7, 11) is 1.74. The third kappa shape index (κ3) is 6.17. The van der Waals surface area contributed by atoms with E-state index in [9.17, 15) is 12.8 Å². The molecule has 9 heteroatoms. The minimum absolute atomic E-state index is 0.0210. The summed E-state index contributed by atoms with van der Waals surface area (Å²) in [5, 5.41) is 0. The Morgan fingerprint density at radius 1 is 0.811 bits per heavy atom. The van der Waals surface area contributed by atoms with E-state index in [1.165, 1.54) is 46.6 Å². The molecule has 0 atom stereocenters. The number of halogens is 1. The van der Waals surface area contributed by atoms with Gasteiger partial charge in [-0.15, -0.1) is 0 Å². The predicted molar refractivity (Wildman–Crippen MR) is 144 cm³/mol. The number of ether oxygens (including phenoxy) is 4. The molecule has 0 spiro atoms. The maximum atomic E-state index is 14.6. The van der Waals surface area contributed by atoms with Crippen LogP contribution in [0.15, 0.2) is 53.4 Å². The van der Waals surface area contributed by atoms with Gasteiger partial charge in [-0.25, -0.2) is 12.8 Å². The highest BCUT2D eigenvalue weighted by molar-refractivity contribution is 7.92. The molecule has 0 radical (unpaired) electrons. The van der Waals surface area contributed by atoms with Crippen molar-refractivity contribution in [3.63, 3.8) is 0 Å². The molecule has 0 aliphatic rings. The third-order valence-electron chi connectivity index (χ3n) is 5.74. The van der Waals surface area contributed by atoms with Gasteiger partial charge in [0.15, 0.2) is 23.1 Å². The number of rotatable bonds is 9. The van der Waals surface area contributed by atoms with E-state index in [1.807, 2.05) is 26.8 Å². The fourth-order valence-electron chi connectivity index (χ4n) is 3.72. The van der Waals surface area contributed by atoms with Crippen molar-refractivity contribution in [3.05, 3.63) is 71.0 Å². The Kier molecular flexibility index (Phi) is 8.38. The quantitative estimate of drug-likeness (QED) is 0.336. The molecule has 0 amide bonds. The monoisotopic (exact) mass is 529 g/mol. The summed E-state index contributed by atoms with van der Waals surface area (Å²) in [6.07, 6.45) is 3.36. The number of benzene rings is 3. The van der Waals surface area contributed by atoms with Crippen LogP contribution in [-0.4, -0.2) is 36.9 Å². The standard InChI is InChI=1S/C28H32FNO6S/c1-28(2,3)20-9-8-10-21(17-20)37(31,32)30-25-19(13-14-22(29)26(25)35-6)12-11-18-15-23(33-4)27(36-7)24(16-18)34-5/h8-17,30H,1-7H3/b12-11-. The van der Waals surface area contributed by atoms with Gasteiger partial charge in [0, 0.05) is 5.56 Å². The van der Waals surface area contributed by atoms with Gasteiger partial charge >= 0.3 is 0 Å². The summed E-state index contributed by atoms with van der Waals surface area (Å²) in [5.74, 6) is 0.434. The highest BCUT2D eigenvalue weighted by Gasteiger charge is 2.23. The summed E-state index contributed by atoms with van der Waals surface area (Å²) in [4.78, 5) is 0.0609. The molecule has 0 aliphatic carbocycles. The van der Waals surface area contributed by atoms with Gasteiger partial charge in [-0.05, 0) is 52.9 Å². The lowest BCUT2D eigenvalue weighted by atomic mass is 9.87. The summed E-state index contributed by atoms with van der Waals surface area (Å²) in [6.45, 7) is 5.98. The van der Waals surface area contributed by atoms with Crippen LogP contribution in [0.5, 0.6) is 23.0 Å². The second-order valence-electron chi connectivity index (χ2n) is 9.22. The molecule has 7 nitrogen and oxygen atoms in total. The molecule has 0 aromatic heterocycles. The van der Waals surface area contributed by atoms with Gasteiger partial charge in [0.2, 0.25) is 5.75 Å². The maximum absolute atomic E-state index is 14.6. The molecule has 0 heterocycles. The number of hydrogen-bond donors (Lipinski definition) is 1. The van der Waals surface area contributed by atoms with Crippen LogP contribution in [0.1, 0.15) is 37.5 Å². The maximum Gasteiger partial charge on any atom is 0.262 e. The molecule has 3 rings (SSSR count). The first kappa shape index (κ1) is 27.9. The zero-order valence-electron chi connectivity index (χ0n) is 22.0. The fourth-order valence-corrected chi connectivity index (χ4v) is 4.86. The summed E-state index contributed by atoms with van der Waals surface area (Å²) < 4.78 is 65.3. The van der Waals surface area contributed by atoms with Gasteiger partial charge in [-0.1, -0.05) is 45.1 Å². The minimum Gasteiger partial charge on any atom is -0.493 e. The van der Waals surface area contributed by atoms with Gasteiger partial charge in [-0.2, -0.15) is 0 Å². The average molecular weight is 530 g/mol. The molecule has 1 N–H and O–H groups in total. The SMILES string of the molecule is COc1cc(/C=C\c2ccc(F)c(OC)c2NS(=O)(=O)c2cccc(C(C)(C)C)c2)cc(OC)c1OC. The van der Waals surface area contributed by atoms with E-state index < -0.39 is 15.8 Å². The third-order valence-corrected chi connectivity index (χ3v) is 7.08. The van der Waals surface area contributed by atoms with Crippen molar-refractivity contribution in [1.82, 2.24) is 0 Å². The second kappa shape index (κ2) is 11.1. The van der Waals surface area contributed by atoms with Crippen LogP contribution in [0.25, 0.3) is 12.2 Å². The van der Waals surface area contributed by atoms with Crippen molar-refractivity contribution in [2.75, 3.05) is 33.2 Å². The Labute approximate surface area is 217 Å². The lowest BCUT2D eigenvalue weighted by Crippen LogP contribution is -2.17. The molecule has 0 saturated heterocycles.